The molecule has 0 aliphatic heterocycles. The molecule has 0 saturated carbocycles. The Morgan fingerprint density at radius 2 is 0.487 bits per heavy atom. The molecule has 2 rings (SSSR count). The molecule has 8 heteroatoms. The van der Waals surface area contributed by atoms with Gasteiger partial charge in [-0.2, -0.15) is 0 Å². The van der Waals surface area contributed by atoms with E-state index in [2.05, 4.69) is 20.8 Å². The number of phenols is 3. The number of ketones is 2. The van der Waals surface area contributed by atoms with E-state index in [1.54, 1.807) is 6.92 Å². The van der Waals surface area contributed by atoms with Crippen molar-refractivity contribution in [1.29, 1.82) is 0 Å². The van der Waals surface area contributed by atoms with Gasteiger partial charge in [-0.15, -0.1) is 0 Å². The Morgan fingerprint density at radius 1 is 0.295 bits per heavy atom. The van der Waals surface area contributed by atoms with E-state index in [9.17, 15) is 9.59 Å². The molecule has 0 heterocycles. The summed E-state index contributed by atoms with van der Waals surface area (Å²) >= 11 is 0. The van der Waals surface area contributed by atoms with Gasteiger partial charge in [-0.3, -0.25) is 9.59 Å². The Kier molecular flexibility index (Phi) is 50.4. The fourth-order valence-electron chi connectivity index (χ4n) is 10.4. The summed E-state index contributed by atoms with van der Waals surface area (Å²) in [7, 11) is 0. The van der Waals surface area contributed by atoms with Gasteiger partial charge >= 0.3 is 0 Å². The van der Waals surface area contributed by atoms with Crippen molar-refractivity contribution in [2.24, 2.45) is 0 Å². The number of benzene rings is 2. The van der Waals surface area contributed by atoms with Crippen LogP contribution in [0, 0.1) is 0 Å². The third-order valence-corrected chi connectivity index (χ3v) is 15.7. The maximum Gasteiger partial charge on any atom is 0.203 e. The van der Waals surface area contributed by atoms with Gasteiger partial charge in [0.25, 0.3) is 0 Å². The van der Waals surface area contributed by atoms with Crippen LogP contribution in [0.2, 0.25) is 0 Å². The van der Waals surface area contributed by atoms with Crippen LogP contribution in [-0.4, -0.2) is 46.7 Å². The summed E-state index contributed by atoms with van der Waals surface area (Å²) in [5.41, 5.74) is 0.802. The molecule has 78 heavy (non-hydrogen) atoms. The molecule has 452 valence electrons. The summed E-state index contributed by atoms with van der Waals surface area (Å²) in [6, 6.07) is 5.99. The van der Waals surface area contributed by atoms with Gasteiger partial charge in [0.05, 0.1) is 19.8 Å². The summed E-state index contributed by atoms with van der Waals surface area (Å²) in [5.74, 6) is 0.207. The molecular weight excluding hydrogens is 969 g/mol. The van der Waals surface area contributed by atoms with E-state index in [0.29, 0.717) is 42.6 Å². The molecular formula is C70H124O8. The standard InChI is InChI=1S/C62H116O4.C8H8O4/c1-5-8-11-14-17-20-23-26-29-32-35-38-41-44-47-50-53-64-60-56-59(58(4)63)57-61(65-54-51-48-45-42-39-36-33-30-27-24-21-18-15-12-9-6-2)62(60)66-55-52-49-46-43-40-37-34-31-28-25-22-19-16-13-10-7-3;1-4(9)5-2-6(10)8(12)7(11)3-5/h56-57H,5-55H2,1-4H3;2-3,10-12H,1H3. The van der Waals surface area contributed by atoms with Crippen molar-refractivity contribution in [3.05, 3.63) is 35.4 Å². The Balaban J connectivity index is 0.00000222. The van der Waals surface area contributed by atoms with Crippen LogP contribution in [0.25, 0.3) is 0 Å². The average Bonchev–Trinajstić information content (AvgIpc) is 3.44. The highest BCUT2D eigenvalue weighted by molar-refractivity contribution is 5.96. The molecule has 0 fully saturated rings. The zero-order valence-corrected chi connectivity index (χ0v) is 51.8. The van der Waals surface area contributed by atoms with E-state index in [4.69, 9.17) is 29.5 Å². The molecule has 8 nitrogen and oxygen atoms in total. The lowest BCUT2D eigenvalue weighted by atomic mass is 10.0. The number of rotatable bonds is 56. The minimum absolute atomic E-state index is 0.0406. The van der Waals surface area contributed by atoms with Gasteiger partial charge in [0.15, 0.2) is 40.3 Å². The second-order valence-corrected chi connectivity index (χ2v) is 23.2. The molecule has 2 aromatic rings. The third-order valence-electron chi connectivity index (χ3n) is 15.7. The topological polar surface area (TPSA) is 123 Å². The monoisotopic (exact) mass is 1090 g/mol. The number of carbonyl (C=O) groups is 2. The number of hydrogen-bond donors (Lipinski definition) is 3. The number of unbranched alkanes of at least 4 members (excludes halogenated alkanes) is 45. The molecule has 0 bridgehead atoms. The van der Waals surface area contributed by atoms with Crippen molar-refractivity contribution in [3.63, 3.8) is 0 Å². The minimum Gasteiger partial charge on any atom is -0.504 e. The quantitative estimate of drug-likeness (QED) is 0.0340. The first-order valence-electron chi connectivity index (χ1n) is 33.5. The lowest BCUT2D eigenvalue weighted by Gasteiger charge is -2.18. The molecule has 0 unspecified atom stereocenters. The first-order valence-corrected chi connectivity index (χ1v) is 33.5. The fourth-order valence-corrected chi connectivity index (χ4v) is 10.4. The van der Waals surface area contributed by atoms with Crippen LogP contribution in [0.5, 0.6) is 34.5 Å². The van der Waals surface area contributed by atoms with Gasteiger partial charge in [0.1, 0.15) is 0 Å². The summed E-state index contributed by atoms with van der Waals surface area (Å²) in [4.78, 5) is 23.5. The Morgan fingerprint density at radius 3 is 0.705 bits per heavy atom. The first-order chi connectivity index (χ1) is 38.2. The van der Waals surface area contributed by atoms with Gasteiger partial charge in [0, 0.05) is 11.1 Å². The van der Waals surface area contributed by atoms with Gasteiger partial charge < -0.3 is 29.5 Å². The van der Waals surface area contributed by atoms with Crippen molar-refractivity contribution in [1.82, 2.24) is 0 Å². The van der Waals surface area contributed by atoms with E-state index in [0.717, 1.165) is 31.4 Å². The highest BCUT2D eigenvalue weighted by atomic mass is 16.5. The van der Waals surface area contributed by atoms with Crippen LogP contribution in [-0.2, 0) is 0 Å². The lowest BCUT2D eigenvalue weighted by molar-refractivity contribution is 0.100. The molecule has 0 aliphatic carbocycles. The van der Waals surface area contributed by atoms with Crippen LogP contribution in [0.1, 0.15) is 364 Å². The number of ether oxygens (including phenoxy) is 3. The van der Waals surface area contributed by atoms with Crippen LogP contribution in [0.4, 0.5) is 0 Å². The smallest absolute Gasteiger partial charge is 0.203 e. The zero-order chi connectivity index (χ0) is 56.8. The van der Waals surface area contributed by atoms with E-state index in [1.807, 2.05) is 12.1 Å². The van der Waals surface area contributed by atoms with Crippen molar-refractivity contribution in [2.45, 2.75) is 343 Å². The van der Waals surface area contributed by atoms with Gasteiger partial charge in [-0.1, -0.05) is 310 Å². The minimum atomic E-state index is -0.611. The molecule has 3 N–H and O–H groups in total. The van der Waals surface area contributed by atoms with Crippen LogP contribution in [0.15, 0.2) is 24.3 Å². The number of phenolic OH excluding ortho intramolecular Hbond substituents is 3. The molecule has 0 saturated heterocycles. The molecule has 2 aromatic carbocycles. The predicted octanol–water partition coefficient (Wildman–Crippen LogP) is 22.8. The molecule has 0 spiro atoms. The van der Waals surface area contributed by atoms with E-state index < -0.39 is 17.2 Å². The summed E-state index contributed by atoms with van der Waals surface area (Å²) in [5, 5.41) is 26.8. The Labute approximate surface area is 481 Å². The van der Waals surface area contributed by atoms with Crippen molar-refractivity contribution >= 4 is 11.6 Å². The largest absolute Gasteiger partial charge is 0.504 e. The highest BCUT2D eigenvalue weighted by Gasteiger charge is 2.18. The SMILES string of the molecule is CC(=O)c1cc(O)c(O)c(O)c1.CCCCCCCCCCCCCCCCCCOc1cc(C(C)=O)cc(OCCCCCCCCCCCCCCCCCC)c1OCCCCCCCCCCCCCCCCCC. The second kappa shape index (κ2) is 54.2. The van der Waals surface area contributed by atoms with E-state index in [1.165, 1.54) is 296 Å². The lowest BCUT2D eigenvalue weighted by Crippen LogP contribution is -2.08. The molecule has 0 aromatic heterocycles. The predicted molar refractivity (Wildman–Crippen MR) is 333 cm³/mol. The number of aromatic hydroxyl groups is 3. The van der Waals surface area contributed by atoms with Crippen LogP contribution < -0.4 is 14.2 Å². The summed E-state index contributed by atoms with van der Waals surface area (Å²) in [6.45, 7) is 11.8. The molecule has 0 radical (unpaired) electrons. The van der Waals surface area contributed by atoms with Crippen molar-refractivity contribution in [2.75, 3.05) is 19.8 Å². The first kappa shape index (κ1) is 72.6. The van der Waals surface area contributed by atoms with Crippen LogP contribution >= 0.6 is 0 Å². The molecule has 0 aliphatic rings. The molecule has 0 atom stereocenters. The number of Topliss-reactive ketones (excluding diaryl/α,β-unsaturated/α-hetero) is 2. The number of carbonyl (C=O) groups excluding carboxylic acids is 2. The maximum atomic E-state index is 12.7. The van der Waals surface area contributed by atoms with Gasteiger partial charge in [-0.25, -0.2) is 0 Å². The summed E-state index contributed by atoms with van der Waals surface area (Å²) in [6.07, 6.45) is 65.2. The van der Waals surface area contributed by atoms with E-state index in [-0.39, 0.29) is 17.1 Å². The Hall–Kier alpha value is -3.42. The fraction of sp³-hybridized carbons (Fsp3) is 0.800. The number of hydrogen-bond acceptors (Lipinski definition) is 8. The normalized spacial score (nSPS) is 11.2. The van der Waals surface area contributed by atoms with Crippen molar-refractivity contribution < 1.29 is 39.1 Å². The molecule has 0 amide bonds. The zero-order valence-electron chi connectivity index (χ0n) is 51.8. The average molecular weight is 1090 g/mol. The van der Waals surface area contributed by atoms with Gasteiger partial charge in [0.2, 0.25) is 5.75 Å². The van der Waals surface area contributed by atoms with Gasteiger partial charge in [-0.05, 0) is 57.4 Å². The Bertz CT molecular complexity index is 1590. The third kappa shape index (κ3) is 42.5. The van der Waals surface area contributed by atoms with E-state index >= 15 is 0 Å². The van der Waals surface area contributed by atoms with Crippen molar-refractivity contribution in [3.8, 4) is 34.5 Å². The highest BCUT2D eigenvalue weighted by Crippen LogP contribution is 2.40. The summed E-state index contributed by atoms with van der Waals surface area (Å²) < 4.78 is 19.4. The van der Waals surface area contributed by atoms with Crippen LogP contribution in [0.3, 0.4) is 0 Å². The maximum absolute atomic E-state index is 12.7. The second-order valence-electron chi connectivity index (χ2n) is 23.2.